The van der Waals surface area contributed by atoms with Gasteiger partial charge in [-0.25, -0.2) is 8.42 Å². The number of aliphatic hydroxyl groups is 2. The average molecular weight is 183 g/mol. The predicted octanol–water partition coefficient (Wildman–Crippen LogP) is -1.94. The Kier molecular flexibility index (Phi) is 3.95. The van der Waals surface area contributed by atoms with Gasteiger partial charge in [-0.1, -0.05) is 0 Å². The Hall–Kier alpha value is -0.170. The molecule has 2 atom stereocenters. The molecule has 4 N–H and O–H groups in total. The number of hydrogen-bond donors (Lipinski definition) is 3. The summed E-state index contributed by atoms with van der Waals surface area (Å²) in [7, 11) is -3.36. The van der Waals surface area contributed by atoms with Gasteiger partial charge in [0.15, 0.2) is 9.84 Å². The van der Waals surface area contributed by atoms with Crippen LogP contribution < -0.4 is 5.73 Å². The van der Waals surface area contributed by atoms with E-state index in [0.29, 0.717) is 0 Å². The summed E-state index contributed by atoms with van der Waals surface area (Å²) in [5.41, 5.74) is 4.97. The van der Waals surface area contributed by atoms with Crippen molar-refractivity contribution >= 4 is 9.84 Å². The molecule has 0 aromatic heterocycles. The van der Waals surface area contributed by atoms with Crippen molar-refractivity contribution in [3.05, 3.63) is 0 Å². The van der Waals surface area contributed by atoms with Crippen LogP contribution in [0.15, 0.2) is 0 Å². The SMILES string of the molecule is CS(=O)(=O)C(CCO)C(N)O. The van der Waals surface area contributed by atoms with Crippen LogP contribution in [0.2, 0.25) is 0 Å². The van der Waals surface area contributed by atoms with Gasteiger partial charge in [0.05, 0.1) is 0 Å². The van der Waals surface area contributed by atoms with Gasteiger partial charge in [-0.05, 0) is 6.42 Å². The van der Waals surface area contributed by atoms with Crippen LogP contribution in [0, 0.1) is 0 Å². The van der Waals surface area contributed by atoms with E-state index in [-0.39, 0.29) is 13.0 Å². The van der Waals surface area contributed by atoms with Crippen LogP contribution in [-0.4, -0.2) is 43.0 Å². The summed E-state index contributed by atoms with van der Waals surface area (Å²) in [6.45, 7) is -0.300. The summed E-state index contributed by atoms with van der Waals surface area (Å²) < 4.78 is 21.6. The zero-order chi connectivity index (χ0) is 9.07. The van der Waals surface area contributed by atoms with E-state index < -0.39 is 21.3 Å². The molecule has 68 valence electrons. The van der Waals surface area contributed by atoms with E-state index >= 15 is 0 Å². The highest BCUT2D eigenvalue weighted by molar-refractivity contribution is 7.91. The largest absolute Gasteiger partial charge is 0.396 e. The molecule has 0 aliphatic heterocycles. The van der Waals surface area contributed by atoms with E-state index in [9.17, 15) is 8.42 Å². The van der Waals surface area contributed by atoms with Crippen LogP contribution in [0.3, 0.4) is 0 Å². The summed E-state index contributed by atoms with van der Waals surface area (Å²) in [6, 6.07) is 0. The molecule has 0 aromatic carbocycles. The second kappa shape index (κ2) is 4.01. The fraction of sp³-hybridized carbons (Fsp3) is 1.00. The van der Waals surface area contributed by atoms with Crippen molar-refractivity contribution in [3.8, 4) is 0 Å². The second-order valence-electron chi connectivity index (χ2n) is 2.37. The summed E-state index contributed by atoms with van der Waals surface area (Å²) in [5, 5.41) is 16.1. The molecule has 0 amide bonds. The zero-order valence-electron chi connectivity index (χ0n) is 6.27. The first-order chi connectivity index (χ1) is 4.89. The van der Waals surface area contributed by atoms with Crippen molar-refractivity contribution in [1.82, 2.24) is 0 Å². The molecule has 0 radical (unpaired) electrons. The molecule has 0 rings (SSSR count). The maximum Gasteiger partial charge on any atom is 0.154 e. The number of hydrogen-bond acceptors (Lipinski definition) is 5. The molecule has 0 spiro atoms. The Labute approximate surface area is 65.8 Å². The second-order valence-corrected chi connectivity index (χ2v) is 4.64. The molecule has 0 aromatic rings. The van der Waals surface area contributed by atoms with Crippen molar-refractivity contribution in [3.63, 3.8) is 0 Å². The molecular weight excluding hydrogens is 170 g/mol. The lowest BCUT2D eigenvalue weighted by molar-refractivity contribution is 0.159. The Bertz CT molecular complexity index is 199. The maximum atomic E-state index is 10.8. The lowest BCUT2D eigenvalue weighted by atomic mass is 10.3. The highest BCUT2D eigenvalue weighted by Crippen LogP contribution is 2.05. The minimum absolute atomic E-state index is 0.0312. The van der Waals surface area contributed by atoms with Gasteiger partial charge in [-0.15, -0.1) is 0 Å². The van der Waals surface area contributed by atoms with E-state index in [1.54, 1.807) is 0 Å². The highest BCUT2D eigenvalue weighted by Gasteiger charge is 2.25. The van der Waals surface area contributed by atoms with Gasteiger partial charge < -0.3 is 15.9 Å². The topological polar surface area (TPSA) is 101 Å². The molecule has 0 bridgehead atoms. The lowest BCUT2D eigenvalue weighted by Gasteiger charge is -2.15. The zero-order valence-corrected chi connectivity index (χ0v) is 7.08. The van der Waals surface area contributed by atoms with Crippen molar-refractivity contribution in [2.75, 3.05) is 12.9 Å². The van der Waals surface area contributed by atoms with E-state index in [0.717, 1.165) is 6.26 Å². The monoisotopic (exact) mass is 183 g/mol. The molecule has 2 unspecified atom stereocenters. The van der Waals surface area contributed by atoms with E-state index in [1.165, 1.54) is 0 Å². The van der Waals surface area contributed by atoms with Gasteiger partial charge in [0, 0.05) is 12.9 Å². The third-order valence-corrected chi connectivity index (χ3v) is 2.96. The molecule has 5 nitrogen and oxygen atoms in total. The third-order valence-electron chi connectivity index (χ3n) is 1.34. The summed E-state index contributed by atoms with van der Waals surface area (Å²) in [4.78, 5) is 0. The average Bonchev–Trinajstić information content (AvgIpc) is 1.79. The number of aliphatic hydroxyl groups excluding tert-OH is 2. The number of rotatable bonds is 4. The molecular formula is C5H13NO4S. The standard InChI is InChI=1S/C5H13NO4S/c1-11(9,10)4(2-3-7)5(6)8/h4-5,7-8H,2-3,6H2,1H3. The van der Waals surface area contributed by atoms with E-state index in [4.69, 9.17) is 15.9 Å². The smallest absolute Gasteiger partial charge is 0.154 e. The van der Waals surface area contributed by atoms with Gasteiger partial charge in [0.1, 0.15) is 11.5 Å². The fourth-order valence-corrected chi connectivity index (χ4v) is 1.81. The van der Waals surface area contributed by atoms with Crippen LogP contribution in [0.25, 0.3) is 0 Å². The molecule has 0 aliphatic carbocycles. The Morgan fingerprint density at radius 2 is 2.00 bits per heavy atom. The van der Waals surface area contributed by atoms with Crippen molar-refractivity contribution in [2.45, 2.75) is 17.9 Å². The fourth-order valence-electron chi connectivity index (χ4n) is 0.765. The summed E-state index contributed by atoms with van der Waals surface area (Å²) in [6.07, 6.45) is -0.475. The molecule has 11 heavy (non-hydrogen) atoms. The first kappa shape index (κ1) is 10.8. The van der Waals surface area contributed by atoms with Crippen LogP contribution in [-0.2, 0) is 9.84 Å². The molecule has 6 heteroatoms. The first-order valence-corrected chi connectivity index (χ1v) is 5.08. The minimum Gasteiger partial charge on any atom is -0.396 e. The minimum atomic E-state index is -3.36. The maximum absolute atomic E-state index is 10.8. The van der Waals surface area contributed by atoms with Gasteiger partial charge in [-0.2, -0.15) is 0 Å². The summed E-state index contributed by atoms with van der Waals surface area (Å²) >= 11 is 0. The normalized spacial score (nSPS) is 17.8. The number of nitrogens with two attached hydrogens (primary N) is 1. The molecule has 0 aliphatic rings. The summed E-state index contributed by atoms with van der Waals surface area (Å²) in [5.74, 6) is 0. The van der Waals surface area contributed by atoms with Gasteiger partial charge in [-0.3, -0.25) is 0 Å². The van der Waals surface area contributed by atoms with Crippen molar-refractivity contribution in [1.29, 1.82) is 0 Å². The van der Waals surface area contributed by atoms with Gasteiger partial charge >= 0.3 is 0 Å². The Morgan fingerprint density at radius 1 is 1.55 bits per heavy atom. The molecule has 0 heterocycles. The predicted molar refractivity (Wildman–Crippen MR) is 40.5 cm³/mol. The quantitative estimate of drug-likeness (QED) is 0.440. The van der Waals surface area contributed by atoms with E-state index in [2.05, 4.69) is 0 Å². The van der Waals surface area contributed by atoms with Crippen molar-refractivity contribution in [2.24, 2.45) is 5.73 Å². The Morgan fingerprint density at radius 3 is 2.09 bits per heavy atom. The molecule has 0 fully saturated rings. The van der Waals surface area contributed by atoms with Gasteiger partial charge in [0.2, 0.25) is 0 Å². The third kappa shape index (κ3) is 3.66. The lowest BCUT2D eigenvalue weighted by Crippen LogP contribution is -2.40. The number of sulfone groups is 1. The van der Waals surface area contributed by atoms with Crippen LogP contribution >= 0.6 is 0 Å². The van der Waals surface area contributed by atoms with Crippen LogP contribution in [0.5, 0.6) is 0 Å². The van der Waals surface area contributed by atoms with Crippen molar-refractivity contribution < 1.29 is 18.6 Å². The Balaban J connectivity index is 4.36. The molecule has 0 saturated carbocycles. The van der Waals surface area contributed by atoms with E-state index in [1.807, 2.05) is 0 Å². The van der Waals surface area contributed by atoms with Crippen LogP contribution in [0.1, 0.15) is 6.42 Å². The molecule has 0 saturated heterocycles. The van der Waals surface area contributed by atoms with Crippen LogP contribution in [0.4, 0.5) is 0 Å². The first-order valence-electron chi connectivity index (χ1n) is 3.13. The van der Waals surface area contributed by atoms with Gasteiger partial charge in [0.25, 0.3) is 0 Å². The highest BCUT2D eigenvalue weighted by atomic mass is 32.2.